The van der Waals surface area contributed by atoms with Crippen molar-refractivity contribution in [1.29, 1.82) is 0 Å². The molecule has 1 N–H and O–H groups in total. The van der Waals surface area contributed by atoms with E-state index in [0.717, 1.165) is 6.54 Å². The van der Waals surface area contributed by atoms with Gasteiger partial charge in [0.2, 0.25) is 11.9 Å². The van der Waals surface area contributed by atoms with Crippen LogP contribution in [-0.4, -0.2) is 67.6 Å². The molecule has 8 nitrogen and oxygen atoms in total. The molecule has 0 saturated carbocycles. The van der Waals surface area contributed by atoms with Crippen molar-refractivity contribution in [2.24, 2.45) is 0 Å². The first-order chi connectivity index (χ1) is 10.2. The zero-order valence-corrected chi connectivity index (χ0v) is 13.0. The molecule has 2 rings (SSSR count). The molecule has 0 aromatic carbocycles. The molecular weight excluding hydrogens is 274 g/mol. The fraction of sp³-hybridized carbons (Fsp3) is 0.769. The van der Waals surface area contributed by atoms with Crippen LogP contribution in [0.25, 0.3) is 0 Å². The molecule has 0 spiro atoms. The third kappa shape index (κ3) is 3.70. The Hall–Kier alpha value is -1.67. The zero-order valence-electron chi connectivity index (χ0n) is 13.0. The monoisotopic (exact) mass is 297 g/mol. The quantitative estimate of drug-likeness (QED) is 0.781. The van der Waals surface area contributed by atoms with Gasteiger partial charge in [-0.2, -0.15) is 15.0 Å². The van der Waals surface area contributed by atoms with Crippen LogP contribution in [0.15, 0.2) is 0 Å². The highest BCUT2D eigenvalue weighted by Crippen LogP contribution is 2.22. The summed E-state index contributed by atoms with van der Waals surface area (Å²) in [5.41, 5.74) is 0. The van der Waals surface area contributed by atoms with Crippen LogP contribution >= 0.6 is 0 Å². The average Bonchev–Trinajstić information content (AvgIpc) is 2.91. The maximum Gasteiger partial charge on any atom is 0.323 e. The molecule has 1 aliphatic heterocycles. The molecule has 0 radical (unpaired) electrons. The molecule has 2 unspecified atom stereocenters. The summed E-state index contributed by atoms with van der Waals surface area (Å²) in [6.07, 6.45) is 0.00906. The van der Waals surface area contributed by atoms with Crippen molar-refractivity contribution < 1.29 is 14.2 Å². The maximum absolute atomic E-state index is 5.44. The number of hydrogen-bond acceptors (Lipinski definition) is 8. The van der Waals surface area contributed by atoms with Gasteiger partial charge in [0.05, 0.1) is 6.61 Å². The first-order valence-corrected chi connectivity index (χ1v) is 7.15. The summed E-state index contributed by atoms with van der Waals surface area (Å²) in [6, 6.07) is 0.327. The molecule has 1 fully saturated rings. The molecule has 0 bridgehead atoms. The lowest BCUT2D eigenvalue weighted by molar-refractivity contribution is -0.00461. The van der Waals surface area contributed by atoms with E-state index >= 15 is 0 Å². The molecule has 1 saturated heterocycles. The van der Waals surface area contributed by atoms with E-state index in [4.69, 9.17) is 14.2 Å². The molecule has 1 aliphatic rings. The molecule has 1 aromatic rings. The van der Waals surface area contributed by atoms with Gasteiger partial charge in [-0.3, -0.25) is 0 Å². The van der Waals surface area contributed by atoms with Crippen LogP contribution in [0.1, 0.15) is 13.8 Å². The lowest BCUT2D eigenvalue weighted by Gasteiger charge is -2.17. The SMILES string of the molecule is CCNc1nc(OCC)nc(N2CC(OC)C(OC)C2)n1. The van der Waals surface area contributed by atoms with Crippen LogP contribution < -0.4 is 15.0 Å². The first-order valence-electron chi connectivity index (χ1n) is 7.15. The number of hydrogen-bond donors (Lipinski definition) is 1. The van der Waals surface area contributed by atoms with Crippen LogP contribution in [0.3, 0.4) is 0 Å². The van der Waals surface area contributed by atoms with Crippen molar-refractivity contribution in [3.63, 3.8) is 0 Å². The second kappa shape index (κ2) is 7.37. The van der Waals surface area contributed by atoms with E-state index in [2.05, 4.69) is 20.3 Å². The van der Waals surface area contributed by atoms with E-state index in [-0.39, 0.29) is 12.2 Å². The Kier molecular flexibility index (Phi) is 5.51. The van der Waals surface area contributed by atoms with Gasteiger partial charge in [0.15, 0.2) is 0 Å². The molecule has 1 aromatic heterocycles. The van der Waals surface area contributed by atoms with Crippen molar-refractivity contribution in [1.82, 2.24) is 15.0 Å². The number of nitrogens with zero attached hydrogens (tertiary/aromatic N) is 4. The summed E-state index contributed by atoms with van der Waals surface area (Å²) >= 11 is 0. The molecule has 2 atom stereocenters. The Morgan fingerprint density at radius 1 is 1.10 bits per heavy atom. The fourth-order valence-electron chi connectivity index (χ4n) is 2.28. The first kappa shape index (κ1) is 15.7. The lowest BCUT2D eigenvalue weighted by Crippen LogP contribution is -2.27. The molecule has 21 heavy (non-hydrogen) atoms. The third-order valence-electron chi connectivity index (χ3n) is 3.32. The fourth-order valence-corrected chi connectivity index (χ4v) is 2.28. The summed E-state index contributed by atoms with van der Waals surface area (Å²) in [6.45, 7) is 6.48. The van der Waals surface area contributed by atoms with Gasteiger partial charge in [0, 0.05) is 33.9 Å². The van der Waals surface area contributed by atoms with Crippen molar-refractivity contribution in [3.05, 3.63) is 0 Å². The topological polar surface area (TPSA) is 81.6 Å². The number of methoxy groups -OCH3 is 2. The Labute approximate surface area is 124 Å². The van der Waals surface area contributed by atoms with Gasteiger partial charge in [0.25, 0.3) is 0 Å². The predicted molar refractivity (Wildman–Crippen MR) is 79.0 cm³/mol. The van der Waals surface area contributed by atoms with E-state index in [1.165, 1.54) is 0 Å². The smallest absolute Gasteiger partial charge is 0.323 e. The van der Waals surface area contributed by atoms with Gasteiger partial charge in [-0.1, -0.05) is 0 Å². The second-order valence-electron chi connectivity index (χ2n) is 4.66. The third-order valence-corrected chi connectivity index (χ3v) is 3.32. The Morgan fingerprint density at radius 2 is 1.76 bits per heavy atom. The molecule has 2 heterocycles. The van der Waals surface area contributed by atoms with Crippen LogP contribution in [0.4, 0.5) is 11.9 Å². The second-order valence-corrected chi connectivity index (χ2v) is 4.66. The van der Waals surface area contributed by atoms with Crippen LogP contribution in [0.5, 0.6) is 6.01 Å². The Morgan fingerprint density at radius 3 is 2.29 bits per heavy atom. The predicted octanol–water partition coefficient (Wildman–Crippen LogP) is 0.552. The van der Waals surface area contributed by atoms with Gasteiger partial charge in [-0.05, 0) is 13.8 Å². The van der Waals surface area contributed by atoms with Gasteiger partial charge in [-0.25, -0.2) is 0 Å². The number of aromatic nitrogens is 3. The average molecular weight is 297 g/mol. The Balaban J connectivity index is 2.21. The van der Waals surface area contributed by atoms with E-state index in [9.17, 15) is 0 Å². The minimum absolute atomic E-state index is 0.00453. The number of ether oxygens (including phenoxy) is 3. The zero-order chi connectivity index (χ0) is 15.2. The standard InChI is InChI=1S/C13H23N5O3/c1-5-14-11-15-12(17-13(16-11)21-6-2)18-7-9(19-3)10(8-18)20-4/h9-10H,5-8H2,1-4H3,(H,14,15,16,17). The highest BCUT2D eigenvalue weighted by Gasteiger charge is 2.34. The van der Waals surface area contributed by atoms with E-state index in [0.29, 0.717) is 37.6 Å². The van der Waals surface area contributed by atoms with Crippen molar-refractivity contribution >= 4 is 11.9 Å². The van der Waals surface area contributed by atoms with E-state index in [1.807, 2.05) is 18.7 Å². The van der Waals surface area contributed by atoms with Gasteiger partial charge < -0.3 is 24.4 Å². The van der Waals surface area contributed by atoms with E-state index < -0.39 is 0 Å². The summed E-state index contributed by atoms with van der Waals surface area (Å²) < 4.78 is 16.3. The van der Waals surface area contributed by atoms with Gasteiger partial charge in [-0.15, -0.1) is 0 Å². The lowest BCUT2D eigenvalue weighted by atomic mass is 10.3. The van der Waals surface area contributed by atoms with Gasteiger partial charge in [0.1, 0.15) is 12.2 Å². The minimum Gasteiger partial charge on any atom is -0.464 e. The van der Waals surface area contributed by atoms with Crippen molar-refractivity contribution in [3.8, 4) is 6.01 Å². The van der Waals surface area contributed by atoms with Crippen molar-refractivity contribution in [2.45, 2.75) is 26.1 Å². The van der Waals surface area contributed by atoms with Crippen LogP contribution in [0, 0.1) is 0 Å². The molecule has 0 amide bonds. The molecular formula is C13H23N5O3. The van der Waals surface area contributed by atoms with Crippen molar-refractivity contribution in [2.75, 3.05) is 50.7 Å². The number of anilines is 2. The highest BCUT2D eigenvalue weighted by atomic mass is 16.5. The van der Waals surface area contributed by atoms with E-state index in [1.54, 1.807) is 14.2 Å². The van der Waals surface area contributed by atoms with Crippen LogP contribution in [-0.2, 0) is 9.47 Å². The number of rotatable bonds is 7. The maximum atomic E-state index is 5.44. The molecule has 0 aliphatic carbocycles. The number of nitrogens with one attached hydrogen (secondary N) is 1. The summed E-state index contributed by atoms with van der Waals surface area (Å²) in [7, 11) is 3.37. The summed E-state index contributed by atoms with van der Waals surface area (Å²) in [4.78, 5) is 15.0. The van der Waals surface area contributed by atoms with Crippen LogP contribution in [0.2, 0.25) is 0 Å². The van der Waals surface area contributed by atoms with Gasteiger partial charge >= 0.3 is 6.01 Å². The summed E-state index contributed by atoms with van der Waals surface area (Å²) in [5.74, 6) is 1.09. The molecule has 118 valence electrons. The molecule has 8 heteroatoms. The Bertz CT molecular complexity index is 423. The summed E-state index contributed by atoms with van der Waals surface area (Å²) in [5, 5.41) is 3.09. The largest absolute Gasteiger partial charge is 0.464 e. The minimum atomic E-state index is 0.00453. The highest BCUT2D eigenvalue weighted by molar-refractivity contribution is 5.40. The normalized spacial score (nSPS) is 21.6.